The lowest BCUT2D eigenvalue weighted by atomic mass is 9.96. The molecule has 3 aliphatic rings. The van der Waals surface area contributed by atoms with E-state index in [-0.39, 0.29) is 0 Å². The first-order valence-corrected chi connectivity index (χ1v) is 6.43. The molecule has 1 heterocycles. The Bertz CT molecular complexity index is 198. The third-order valence-electron chi connectivity index (χ3n) is 4.44. The van der Waals surface area contributed by atoms with E-state index >= 15 is 0 Å². The van der Waals surface area contributed by atoms with E-state index in [2.05, 4.69) is 10.4 Å². The van der Waals surface area contributed by atoms with Crippen LogP contribution in [0, 0.1) is 11.8 Å². The van der Waals surface area contributed by atoms with Crippen molar-refractivity contribution in [2.45, 2.75) is 51.0 Å². The van der Waals surface area contributed by atoms with Crippen LogP contribution in [0.15, 0.2) is 0 Å². The van der Waals surface area contributed by atoms with Gasteiger partial charge in [-0.25, -0.2) is 5.01 Å². The highest BCUT2D eigenvalue weighted by atomic mass is 15.5. The van der Waals surface area contributed by atoms with E-state index in [9.17, 15) is 0 Å². The molecule has 14 heavy (non-hydrogen) atoms. The maximum Gasteiger partial charge on any atom is 0.0246 e. The summed E-state index contributed by atoms with van der Waals surface area (Å²) >= 11 is 0. The lowest BCUT2D eigenvalue weighted by Gasteiger charge is -2.33. The van der Waals surface area contributed by atoms with Gasteiger partial charge in [-0.15, -0.1) is 0 Å². The van der Waals surface area contributed by atoms with E-state index < -0.39 is 0 Å². The second-order valence-electron chi connectivity index (χ2n) is 5.46. The van der Waals surface area contributed by atoms with Crippen LogP contribution in [-0.2, 0) is 0 Å². The molecule has 0 aromatic heterocycles. The smallest absolute Gasteiger partial charge is 0.0246 e. The van der Waals surface area contributed by atoms with Gasteiger partial charge in [-0.05, 0) is 43.9 Å². The molecule has 2 saturated carbocycles. The molecule has 1 aliphatic heterocycles. The molecule has 3 rings (SSSR count). The van der Waals surface area contributed by atoms with Gasteiger partial charge in [-0.2, -0.15) is 0 Å². The highest BCUT2D eigenvalue weighted by Gasteiger charge is 2.39. The summed E-state index contributed by atoms with van der Waals surface area (Å²) in [5.74, 6) is 2.09. The minimum absolute atomic E-state index is 0.840. The molecular weight excluding hydrogens is 172 g/mol. The SMILES string of the molecule is C1CCN(NC2CC3CCC2C3)CC1. The quantitative estimate of drug-likeness (QED) is 0.724. The first-order valence-electron chi connectivity index (χ1n) is 6.43. The second kappa shape index (κ2) is 3.82. The van der Waals surface area contributed by atoms with Crippen molar-refractivity contribution < 1.29 is 0 Å². The van der Waals surface area contributed by atoms with Crippen molar-refractivity contribution in [1.82, 2.24) is 10.4 Å². The number of hydrazine groups is 1. The monoisotopic (exact) mass is 194 g/mol. The van der Waals surface area contributed by atoms with E-state index in [4.69, 9.17) is 0 Å². The third kappa shape index (κ3) is 1.70. The van der Waals surface area contributed by atoms with Crippen LogP contribution in [0.1, 0.15) is 44.9 Å². The fourth-order valence-corrected chi connectivity index (χ4v) is 3.66. The largest absolute Gasteiger partial charge is 0.252 e. The molecule has 2 heteroatoms. The zero-order chi connectivity index (χ0) is 9.38. The van der Waals surface area contributed by atoms with Crippen LogP contribution in [-0.4, -0.2) is 24.1 Å². The molecule has 2 nitrogen and oxygen atoms in total. The zero-order valence-electron chi connectivity index (χ0n) is 9.04. The van der Waals surface area contributed by atoms with Gasteiger partial charge in [0, 0.05) is 19.1 Å². The molecule has 80 valence electrons. The zero-order valence-corrected chi connectivity index (χ0v) is 9.04. The molecule has 1 N–H and O–H groups in total. The molecule has 0 amide bonds. The van der Waals surface area contributed by atoms with E-state index in [1.165, 1.54) is 58.0 Å². The Morgan fingerprint density at radius 3 is 2.43 bits per heavy atom. The molecule has 3 fully saturated rings. The Hall–Kier alpha value is -0.0800. The third-order valence-corrected chi connectivity index (χ3v) is 4.44. The average molecular weight is 194 g/mol. The summed E-state index contributed by atoms with van der Waals surface area (Å²) in [5, 5.41) is 2.49. The molecule has 0 spiro atoms. The van der Waals surface area contributed by atoms with Crippen LogP contribution < -0.4 is 5.43 Å². The predicted molar refractivity (Wildman–Crippen MR) is 57.8 cm³/mol. The molecule has 3 unspecified atom stereocenters. The fourth-order valence-electron chi connectivity index (χ4n) is 3.66. The van der Waals surface area contributed by atoms with E-state index in [1.807, 2.05) is 0 Å². The molecule has 1 saturated heterocycles. The minimum atomic E-state index is 0.840. The Labute approximate surface area is 87.0 Å². The number of nitrogens with zero attached hydrogens (tertiary/aromatic N) is 1. The van der Waals surface area contributed by atoms with Crippen molar-refractivity contribution in [3.05, 3.63) is 0 Å². The Morgan fingerprint density at radius 2 is 1.79 bits per heavy atom. The van der Waals surface area contributed by atoms with Gasteiger partial charge in [0.2, 0.25) is 0 Å². The maximum atomic E-state index is 3.78. The molecule has 0 aromatic rings. The van der Waals surface area contributed by atoms with Crippen LogP contribution >= 0.6 is 0 Å². The second-order valence-corrected chi connectivity index (χ2v) is 5.46. The van der Waals surface area contributed by atoms with Crippen molar-refractivity contribution in [3.8, 4) is 0 Å². The van der Waals surface area contributed by atoms with E-state index in [0.29, 0.717) is 0 Å². The number of hydrogen-bond donors (Lipinski definition) is 1. The van der Waals surface area contributed by atoms with Crippen molar-refractivity contribution in [2.24, 2.45) is 11.8 Å². The summed E-state index contributed by atoms with van der Waals surface area (Å²) in [6.07, 6.45) is 10.2. The first kappa shape index (κ1) is 9.17. The van der Waals surface area contributed by atoms with Crippen LogP contribution in [0.5, 0.6) is 0 Å². The fraction of sp³-hybridized carbons (Fsp3) is 1.00. The van der Waals surface area contributed by atoms with Gasteiger partial charge in [-0.1, -0.05) is 12.8 Å². The standard InChI is InChI=1S/C12H22N2/c1-2-6-14(7-3-1)13-12-9-10-4-5-11(12)8-10/h10-13H,1-9H2. The number of rotatable bonds is 2. The van der Waals surface area contributed by atoms with E-state index in [1.54, 1.807) is 0 Å². The predicted octanol–water partition coefficient (Wildman–Crippen LogP) is 2.17. The van der Waals surface area contributed by atoms with Gasteiger partial charge in [0.15, 0.2) is 0 Å². The molecule has 2 bridgehead atoms. The summed E-state index contributed by atoms with van der Waals surface area (Å²) in [6, 6.07) is 0.840. The summed E-state index contributed by atoms with van der Waals surface area (Å²) < 4.78 is 0. The van der Waals surface area contributed by atoms with Gasteiger partial charge in [0.05, 0.1) is 0 Å². The van der Waals surface area contributed by atoms with Crippen LogP contribution in [0.4, 0.5) is 0 Å². The highest BCUT2D eigenvalue weighted by Crippen LogP contribution is 2.44. The maximum absolute atomic E-state index is 3.78. The van der Waals surface area contributed by atoms with Gasteiger partial charge in [0.1, 0.15) is 0 Å². The summed E-state index contributed by atoms with van der Waals surface area (Å²) in [4.78, 5) is 0. The lowest BCUT2D eigenvalue weighted by Crippen LogP contribution is -2.49. The van der Waals surface area contributed by atoms with Crippen molar-refractivity contribution in [1.29, 1.82) is 0 Å². The van der Waals surface area contributed by atoms with Gasteiger partial charge >= 0.3 is 0 Å². The topological polar surface area (TPSA) is 15.3 Å². The Balaban J connectivity index is 1.52. The normalized spacial score (nSPS) is 43.3. The van der Waals surface area contributed by atoms with Gasteiger partial charge in [0.25, 0.3) is 0 Å². The van der Waals surface area contributed by atoms with Crippen LogP contribution in [0.2, 0.25) is 0 Å². The number of hydrogen-bond acceptors (Lipinski definition) is 2. The highest BCUT2D eigenvalue weighted by molar-refractivity contribution is 4.93. The summed E-state index contributed by atoms with van der Waals surface area (Å²) in [6.45, 7) is 2.57. The van der Waals surface area contributed by atoms with E-state index in [0.717, 1.165) is 17.9 Å². The van der Waals surface area contributed by atoms with Crippen molar-refractivity contribution in [2.75, 3.05) is 13.1 Å². The molecule has 2 aliphatic carbocycles. The average Bonchev–Trinajstić information content (AvgIpc) is 2.81. The number of nitrogens with one attached hydrogen (secondary N) is 1. The molecule has 0 aromatic carbocycles. The van der Waals surface area contributed by atoms with Crippen LogP contribution in [0.25, 0.3) is 0 Å². The van der Waals surface area contributed by atoms with Crippen LogP contribution in [0.3, 0.4) is 0 Å². The summed E-state index contributed by atoms with van der Waals surface area (Å²) in [5.41, 5.74) is 3.78. The summed E-state index contributed by atoms with van der Waals surface area (Å²) in [7, 11) is 0. The number of piperidine rings is 1. The van der Waals surface area contributed by atoms with Gasteiger partial charge in [-0.3, -0.25) is 5.43 Å². The number of fused-ring (bicyclic) bond motifs is 2. The van der Waals surface area contributed by atoms with Crippen molar-refractivity contribution in [3.63, 3.8) is 0 Å². The van der Waals surface area contributed by atoms with Gasteiger partial charge < -0.3 is 0 Å². The Morgan fingerprint density at radius 1 is 0.929 bits per heavy atom. The molecular formula is C12H22N2. The minimum Gasteiger partial charge on any atom is -0.252 e. The first-order chi connectivity index (χ1) is 6.92. The molecule has 0 radical (unpaired) electrons. The molecule has 3 atom stereocenters. The Kier molecular flexibility index (Phi) is 2.50. The lowest BCUT2D eigenvalue weighted by molar-refractivity contribution is 0.108. The van der Waals surface area contributed by atoms with Crippen molar-refractivity contribution >= 4 is 0 Å².